The van der Waals surface area contributed by atoms with Crippen LogP contribution in [0, 0.1) is 5.82 Å². The minimum absolute atomic E-state index is 0.0377. The third-order valence-electron chi connectivity index (χ3n) is 4.74. The van der Waals surface area contributed by atoms with E-state index >= 15 is 0 Å². The second kappa shape index (κ2) is 7.00. The highest BCUT2D eigenvalue weighted by atomic mass is 19.1. The first kappa shape index (κ1) is 18.8. The quantitative estimate of drug-likeness (QED) is 0.861. The molecule has 3 rings (SSSR count). The van der Waals surface area contributed by atoms with Gasteiger partial charge in [0, 0.05) is 17.7 Å². The van der Waals surface area contributed by atoms with Crippen LogP contribution < -0.4 is 10.5 Å². The fourth-order valence-corrected chi connectivity index (χ4v) is 3.13. The molecule has 7 heteroatoms. The van der Waals surface area contributed by atoms with E-state index in [0.717, 1.165) is 0 Å². The normalized spacial score (nSPS) is 16.9. The van der Waals surface area contributed by atoms with Crippen molar-refractivity contribution in [3.8, 4) is 5.75 Å². The molecule has 1 heterocycles. The van der Waals surface area contributed by atoms with Crippen LogP contribution in [0.1, 0.15) is 35.3 Å². The Morgan fingerprint density at radius 2 is 1.89 bits per heavy atom. The van der Waals surface area contributed by atoms with E-state index in [-0.39, 0.29) is 30.4 Å². The van der Waals surface area contributed by atoms with Crippen LogP contribution in [0.4, 0.5) is 4.39 Å². The van der Waals surface area contributed by atoms with E-state index in [0.29, 0.717) is 16.9 Å². The van der Waals surface area contributed by atoms with E-state index < -0.39 is 17.6 Å². The number of β-amino-alcohol motifs (C(OH)–C–C–N with tert-alkyl or cyclic N) is 1. The van der Waals surface area contributed by atoms with Crippen LogP contribution >= 0.6 is 0 Å². The lowest BCUT2D eigenvalue weighted by atomic mass is 9.83. The molecule has 0 saturated heterocycles. The number of halogens is 1. The molecule has 1 atom stereocenters. The molecule has 1 unspecified atom stereocenters. The molecule has 0 bridgehead atoms. The van der Waals surface area contributed by atoms with Crippen LogP contribution in [0.2, 0.25) is 0 Å². The van der Waals surface area contributed by atoms with Gasteiger partial charge in [-0.25, -0.2) is 4.39 Å². The second-order valence-electron chi connectivity index (χ2n) is 7.08. The summed E-state index contributed by atoms with van der Waals surface area (Å²) in [5.41, 5.74) is 5.93. The maximum Gasteiger partial charge on any atom is 0.248 e. The van der Waals surface area contributed by atoms with E-state index in [1.165, 1.54) is 23.1 Å². The molecule has 1 aliphatic rings. The number of nitrogens with two attached hydrogens (primary N) is 1. The Balaban J connectivity index is 1.91. The molecule has 2 amide bonds. The summed E-state index contributed by atoms with van der Waals surface area (Å²) in [5.74, 6) is -0.900. The topological polar surface area (TPSA) is 92.9 Å². The molecule has 2 aromatic carbocycles. The number of aliphatic hydroxyl groups excluding tert-OH is 1. The molecule has 3 N–H and O–H groups in total. The Kier molecular flexibility index (Phi) is 4.89. The molecule has 0 aliphatic carbocycles. The third kappa shape index (κ3) is 3.78. The molecule has 0 saturated carbocycles. The van der Waals surface area contributed by atoms with Crippen molar-refractivity contribution >= 4 is 11.8 Å². The van der Waals surface area contributed by atoms with Crippen LogP contribution in [0.15, 0.2) is 42.5 Å². The van der Waals surface area contributed by atoms with Crippen molar-refractivity contribution in [3.63, 3.8) is 0 Å². The summed E-state index contributed by atoms with van der Waals surface area (Å²) in [4.78, 5) is 26.0. The van der Waals surface area contributed by atoms with E-state index in [1.54, 1.807) is 38.1 Å². The zero-order valence-corrected chi connectivity index (χ0v) is 15.1. The van der Waals surface area contributed by atoms with Gasteiger partial charge in [-0.05, 0) is 43.7 Å². The molecule has 0 spiro atoms. The first-order valence-corrected chi connectivity index (χ1v) is 8.51. The average molecular weight is 372 g/mol. The number of aliphatic hydroxyl groups is 1. The van der Waals surface area contributed by atoms with E-state index in [1.807, 2.05) is 0 Å². The Bertz CT molecular complexity index is 880. The van der Waals surface area contributed by atoms with Gasteiger partial charge in [-0.1, -0.05) is 18.2 Å². The Morgan fingerprint density at radius 1 is 1.22 bits per heavy atom. The number of hydrogen-bond donors (Lipinski definition) is 2. The molecular weight excluding hydrogens is 351 g/mol. The van der Waals surface area contributed by atoms with Gasteiger partial charge in [0.05, 0.1) is 12.0 Å². The van der Waals surface area contributed by atoms with E-state index in [4.69, 9.17) is 10.5 Å². The minimum atomic E-state index is -1.25. The Hall–Kier alpha value is -2.93. The highest BCUT2D eigenvalue weighted by Crippen LogP contribution is 2.31. The molecule has 2 aromatic rings. The molecule has 27 heavy (non-hydrogen) atoms. The Morgan fingerprint density at radius 3 is 2.52 bits per heavy atom. The summed E-state index contributed by atoms with van der Waals surface area (Å²) in [6.07, 6.45) is -1.25. The lowest BCUT2D eigenvalue weighted by Crippen LogP contribution is -2.46. The van der Waals surface area contributed by atoms with Gasteiger partial charge in [-0.2, -0.15) is 0 Å². The van der Waals surface area contributed by atoms with Crippen LogP contribution in [0.25, 0.3) is 0 Å². The Labute approximate surface area is 156 Å². The number of carbonyl (C=O) groups is 2. The summed E-state index contributed by atoms with van der Waals surface area (Å²) in [6.45, 7) is 3.66. The molecule has 0 aromatic heterocycles. The SMILES string of the molecule is CC(C)(C(=O)N1Cc2ccc(C(N)=O)cc2OC(O)C1)c1ccc(F)cc1. The molecule has 6 nitrogen and oxygen atoms in total. The largest absolute Gasteiger partial charge is 0.463 e. The number of rotatable bonds is 3. The number of primary amides is 1. The van der Waals surface area contributed by atoms with Crippen LogP contribution in [0.5, 0.6) is 5.75 Å². The maximum atomic E-state index is 13.2. The van der Waals surface area contributed by atoms with Crippen molar-refractivity contribution in [2.75, 3.05) is 6.54 Å². The van der Waals surface area contributed by atoms with Gasteiger partial charge in [0.2, 0.25) is 18.1 Å². The first-order chi connectivity index (χ1) is 12.7. The predicted octanol–water partition coefficient (Wildman–Crippen LogP) is 1.94. The number of nitrogens with zero attached hydrogens (tertiary/aromatic N) is 1. The highest BCUT2D eigenvalue weighted by molar-refractivity contribution is 5.93. The first-order valence-electron chi connectivity index (χ1n) is 8.51. The summed E-state index contributed by atoms with van der Waals surface area (Å²) >= 11 is 0. The number of ether oxygens (including phenoxy) is 1. The zero-order valence-electron chi connectivity index (χ0n) is 15.1. The summed E-state index contributed by atoms with van der Waals surface area (Å²) < 4.78 is 18.7. The van der Waals surface area contributed by atoms with Gasteiger partial charge in [-0.15, -0.1) is 0 Å². The monoisotopic (exact) mass is 372 g/mol. The zero-order chi connectivity index (χ0) is 19.8. The van der Waals surface area contributed by atoms with Gasteiger partial charge in [0.15, 0.2) is 0 Å². The van der Waals surface area contributed by atoms with Crippen LogP contribution in [0.3, 0.4) is 0 Å². The van der Waals surface area contributed by atoms with E-state index in [2.05, 4.69) is 0 Å². The third-order valence-corrected chi connectivity index (χ3v) is 4.74. The van der Waals surface area contributed by atoms with Gasteiger partial charge in [-0.3, -0.25) is 9.59 Å². The van der Waals surface area contributed by atoms with Crippen molar-refractivity contribution in [1.82, 2.24) is 4.90 Å². The van der Waals surface area contributed by atoms with Gasteiger partial charge >= 0.3 is 0 Å². The fourth-order valence-electron chi connectivity index (χ4n) is 3.13. The smallest absolute Gasteiger partial charge is 0.248 e. The second-order valence-corrected chi connectivity index (χ2v) is 7.08. The number of fused-ring (bicyclic) bond motifs is 1. The summed E-state index contributed by atoms with van der Waals surface area (Å²) in [5, 5.41) is 10.2. The lowest BCUT2D eigenvalue weighted by Gasteiger charge is -2.32. The van der Waals surface area contributed by atoms with Gasteiger partial charge in [0.25, 0.3) is 0 Å². The molecule has 0 fully saturated rings. The van der Waals surface area contributed by atoms with Crippen molar-refractivity contribution in [2.24, 2.45) is 5.73 Å². The van der Waals surface area contributed by atoms with Crippen molar-refractivity contribution < 1.29 is 23.8 Å². The standard InChI is InChI=1S/C20H21FN2O4/c1-20(2,14-5-7-15(21)8-6-14)19(26)23-10-13-4-3-12(18(22)25)9-16(13)27-17(24)11-23/h3-9,17,24H,10-11H2,1-2H3,(H2,22,25). The van der Waals surface area contributed by atoms with Crippen molar-refractivity contribution in [1.29, 1.82) is 0 Å². The molecule has 0 radical (unpaired) electrons. The van der Waals surface area contributed by atoms with E-state index in [9.17, 15) is 19.1 Å². The molecule has 142 valence electrons. The highest BCUT2D eigenvalue weighted by Gasteiger charge is 2.36. The van der Waals surface area contributed by atoms with Crippen LogP contribution in [-0.2, 0) is 16.8 Å². The number of hydrogen-bond acceptors (Lipinski definition) is 4. The fraction of sp³-hybridized carbons (Fsp3) is 0.300. The van der Waals surface area contributed by atoms with Crippen molar-refractivity contribution in [2.45, 2.75) is 32.1 Å². The number of benzene rings is 2. The van der Waals surface area contributed by atoms with Gasteiger partial charge in [0.1, 0.15) is 11.6 Å². The predicted molar refractivity (Wildman–Crippen MR) is 96.4 cm³/mol. The number of carbonyl (C=O) groups excluding carboxylic acids is 2. The summed E-state index contributed by atoms with van der Waals surface area (Å²) in [6, 6.07) is 10.4. The number of amides is 2. The summed E-state index contributed by atoms with van der Waals surface area (Å²) in [7, 11) is 0. The molecule has 1 aliphatic heterocycles. The molecular formula is C20H21FN2O4. The lowest BCUT2D eigenvalue weighted by molar-refractivity contribution is -0.141. The minimum Gasteiger partial charge on any atom is -0.463 e. The van der Waals surface area contributed by atoms with Crippen LogP contribution in [-0.4, -0.2) is 34.7 Å². The maximum absolute atomic E-state index is 13.2. The van der Waals surface area contributed by atoms with Gasteiger partial charge < -0.3 is 20.5 Å². The van der Waals surface area contributed by atoms with Crippen molar-refractivity contribution in [3.05, 3.63) is 65.0 Å². The average Bonchev–Trinajstić information content (AvgIpc) is 2.78.